The van der Waals surface area contributed by atoms with Crippen molar-refractivity contribution in [3.8, 4) is 0 Å². The molecular weight excluding hydrogens is 401 g/mol. The first-order valence-electron chi connectivity index (χ1n) is 9.56. The van der Waals surface area contributed by atoms with Gasteiger partial charge in [0, 0.05) is 0 Å². The van der Waals surface area contributed by atoms with Crippen LogP contribution < -0.4 is 0 Å². The lowest BCUT2D eigenvalue weighted by Gasteiger charge is -2.21. The Morgan fingerprint density at radius 2 is 1.12 bits per heavy atom. The van der Waals surface area contributed by atoms with Crippen LogP contribution in [0.3, 0.4) is 0 Å². The maximum atomic E-state index is 12.4. The molecule has 0 saturated carbocycles. The van der Waals surface area contributed by atoms with Gasteiger partial charge in [-0.2, -0.15) is 0 Å². The molecule has 4 atom stereocenters. The summed E-state index contributed by atoms with van der Waals surface area (Å²) < 4.78 is 35.6. The van der Waals surface area contributed by atoms with E-state index in [2.05, 4.69) is 27.7 Å². The van der Waals surface area contributed by atoms with Crippen LogP contribution in [0.25, 0.3) is 0 Å². The Hall–Kier alpha value is 0.960. The second kappa shape index (κ2) is 14.0. The Balaban J connectivity index is 4.43. The van der Waals surface area contributed by atoms with E-state index >= 15 is 0 Å². The molecular formula is C17H36Cl2O4P2. The minimum Gasteiger partial charge on any atom is -0.317 e. The van der Waals surface area contributed by atoms with Gasteiger partial charge >= 0.3 is 13.4 Å². The molecule has 152 valence electrons. The summed E-state index contributed by atoms with van der Waals surface area (Å²) >= 11 is 12.0. The number of rotatable bonds is 16. The molecule has 4 unspecified atom stereocenters. The summed E-state index contributed by atoms with van der Waals surface area (Å²) in [6, 6.07) is 0. The normalized spacial score (nSPS) is 19.1. The fourth-order valence-corrected chi connectivity index (χ4v) is 9.01. The van der Waals surface area contributed by atoms with Gasteiger partial charge in [-0.3, -0.25) is 9.13 Å². The lowest BCUT2D eigenvalue weighted by atomic mass is 10.0. The van der Waals surface area contributed by atoms with Crippen molar-refractivity contribution in [2.45, 2.75) is 79.1 Å². The van der Waals surface area contributed by atoms with E-state index in [1.165, 1.54) is 0 Å². The molecule has 0 bridgehead atoms. The maximum Gasteiger partial charge on any atom is 0.300 e. The van der Waals surface area contributed by atoms with E-state index in [1.54, 1.807) is 0 Å². The summed E-state index contributed by atoms with van der Waals surface area (Å²) in [6.07, 6.45) is 8.29. The summed E-state index contributed by atoms with van der Waals surface area (Å²) in [4.78, 5) is 0. The first kappa shape index (κ1) is 26.0. The van der Waals surface area contributed by atoms with E-state index in [-0.39, 0.29) is 0 Å². The van der Waals surface area contributed by atoms with Crippen LogP contribution in [0, 0.1) is 11.8 Å². The Kier molecular flexibility index (Phi) is 14.6. The van der Waals surface area contributed by atoms with Crippen molar-refractivity contribution >= 4 is 35.9 Å². The van der Waals surface area contributed by atoms with Crippen LogP contribution in [0.2, 0.25) is 0 Å². The Morgan fingerprint density at radius 3 is 1.40 bits per heavy atom. The van der Waals surface area contributed by atoms with E-state index in [4.69, 9.17) is 31.5 Å². The third kappa shape index (κ3) is 13.7. The molecule has 0 amide bonds. The molecule has 0 aliphatic rings. The molecule has 0 N–H and O–H groups in total. The van der Waals surface area contributed by atoms with Crippen molar-refractivity contribution in [3.05, 3.63) is 0 Å². The molecule has 0 aliphatic heterocycles. The van der Waals surface area contributed by atoms with Crippen molar-refractivity contribution in [3.63, 3.8) is 0 Å². The van der Waals surface area contributed by atoms with Gasteiger partial charge in [0.1, 0.15) is 5.90 Å². The van der Waals surface area contributed by atoms with Crippen LogP contribution in [0.1, 0.15) is 79.1 Å². The number of halogens is 2. The van der Waals surface area contributed by atoms with Gasteiger partial charge in [0.25, 0.3) is 0 Å². The minimum absolute atomic E-state index is 0.307. The van der Waals surface area contributed by atoms with Gasteiger partial charge in [-0.15, -0.1) is 0 Å². The second-order valence-corrected chi connectivity index (χ2v) is 13.8. The summed E-state index contributed by atoms with van der Waals surface area (Å²) in [6.45, 7) is 1.91. The second-order valence-electron chi connectivity index (χ2n) is 6.75. The zero-order chi connectivity index (χ0) is 19.3. The number of hydrogen-bond acceptors (Lipinski definition) is 4. The molecule has 0 spiro atoms. The summed E-state index contributed by atoms with van der Waals surface area (Å²) in [5, 5.41) is 0. The number of unbranched alkanes of at least 4 members (excludes halogenated alkanes) is 2. The van der Waals surface area contributed by atoms with Gasteiger partial charge in [-0.05, 0) is 47.2 Å². The van der Waals surface area contributed by atoms with Gasteiger partial charge < -0.3 is 9.05 Å². The average Bonchev–Trinajstić information content (AvgIpc) is 2.54. The van der Waals surface area contributed by atoms with Gasteiger partial charge in [-0.1, -0.05) is 66.2 Å². The van der Waals surface area contributed by atoms with Crippen LogP contribution >= 0.6 is 35.9 Å². The molecule has 0 heterocycles. The van der Waals surface area contributed by atoms with Gasteiger partial charge in [0.2, 0.25) is 0 Å². The average molecular weight is 437 g/mol. The largest absolute Gasteiger partial charge is 0.317 e. The summed E-state index contributed by atoms with van der Waals surface area (Å²) in [5.74, 6) is 0.194. The third-order valence-corrected chi connectivity index (χ3v) is 10.7. The van der Waals surface area contributed by atoms with E-state index in [0.717, 1.165) is 51.4 Å². The van der Waals surface area contributed by atoms with Crippen molar-refractivity contribution in [1.29, 1.82) is 0 Å². The summed E-state index contributed by atoms with van der Waals surface area (Å²) in [5.41, 5.74) is 0. The quantitative estimate of drug-likeness (QED) is 0.228. The zero-order valence-electron chi connectivity index (χ0n) is 16.2. The molecule has 4 nitrogen and oxygen atoms in total. The Labute approximate surface area is 164 Å². The summed E-state index contributed by atoms with van der Waals surface area (Å²) in [7, 11) is 0. The molecule has 0 aliphatic carbocycles. The zero-order valence-corrected chi connectivity index (χ0v) is 19.5. The van der Waals surface area contributed by atoms with E-state index in [1.807, 2.05) is 0 Å². The first-order valence-corrected chi connectivity index (χ1v) is 15.0. The highest BCUT2D eigenvalue weighted by Crippen LogP contribution is 2.68. The third-order valence-electron chi connectivity index (χ3n) is 4.43. The topological polar surface area (TPSA) is 52.6 Å². The molecule has 0 aromatic heterocycles. The van der Waals surface area contributed by atoms with Gasteiger partial charge in [0.15, 0.2) is 0 Å². The van der Waals surface area contributed by atoms with Crippen LogP contribution in [-0.4, -0.2) is 19.1 Å². The van der Waals surface area contributed by atoms with E-state index in [0.29, 0.717) is 25.0 Å². The molecule has 0 aromatic rings. The van der Waals surface area contributed by atoms with Crippen LogP contribution in [-0.2, 0) is 18.2 Å². The van der Waals surface area contributed by atoms with Gasteiger partial charge in [0.05, 0.1) is 13.2 Å². The fraction of sp³-hybridized carbons (Fsp3) is 1.00. The molecule has 25 heavy (non-hydrogen) atoms. The van der Waals surface area contributed by atoms with Crippen LogP contribution in [0.4, 0.5) is 0 Å². The minimum atomic E-state index is -3.55. The van der Waals surface area contributed by atoms with Crippen LogP contribution in [0.15, 0.2) is 0 Å². The van der Waals surface area contributed by atoms with Crippen molar-refractivity contribution in [2.75, 3.05) is 19.1 Å². The molecule has 0 saturated heterocycles. The fourth-order valence-electron chi connectivity index (χ4n) is 2.51. The number of hydrogen-bond donors (Lipinski definition) is 0. The van der Waals surface area contributed by atoms with Crippen molar-refractivity contribution in [1.82, 2.24) is 0 Å². The molecule has 0 radical (unpaired) electrons. The predicted octanol–water partition coefficient (Wildman–Crippen LogP) is 8.27. The smallest absolute Gasteiger partial charge is 0.300 e. The molecule has 0 aromatic carbocycles. The monoisotopic (exact) mass is 436 g/mol. The van der Waals surface area contributed by atoms with Gasteiger partial charge in [-0.25, -0.2) is 0 Å². The molecule has 0 fully saturated rings. The van der Waals surface area contributed by atoms with Crippen molar-refractivity contribution in [2.24, 2.45) is 11.8 Å². The standard InChI is InChI=1S/C17H36Cl2O4P2/c1-5-9-11-16(7-3)13-22-24(18,20)15-25(19,21)23-14-17(8-4)12-10-6-2/h16-17H,5-15H2,1-4H3. The SMILES string of the molecule is CCCCC(CC)COP(=O)(Cl)CP(=O)(Cl)OCC(CC)CCCC. The Bertz CT molecular complexity index is 397. The lowest BCUT2D eigenvalue weighted by molar-refractivity contribution is 0.235. The van der Waals surface area contributed by atoms with E-state index in [9.17, 15) is 9.13 Å². The molecule has 8 heteroatoms. The van der Waals surface area contributed by atoms with E-state index < -0.39 is 19.3 Å². The van der Waals surface area contributed by atoms with Crippen molar-refractivity contribution < 1.29 is 18.2 Å². The maximum absolute atomic E-state index is 12.4. The first-order chi connectivity index (χ1) is 11.7. The predicted molar refractivity (Wildman–Crippen MR) is 110 cm³/mol. The lowest BCUT2D eigenvalue weighted by Crippen LogP contribution is -2.09. The van der Waals surface area contributed by atoms with Crippen LogP contribution in [0.5, 0.6) is 0 Å². The highest BCUT2D eigenvalue weighted by molar-refractivity contribution is 7.99. The highest BCUT2D eigenvalue weighted by Gasteiger charge is 2.34. The molecule has 0 rings (SSSR count). The Morgan fingerprint density at radius 1 is 0.760 bits per heavy atom. The highest BCUT2D eigenvalue weighted by atomic mass is 35.7.